The topological polar surface area (TPSA) is 67.9 Å². The van der Waals surface area contributed by atoms with Gasteiger partial charge in [-0.05, 0) is 30.3 Å². The van der Waals surface area contributed by atoms with Crippen LogP contribution in [-0.2, 0) is 9.59 Å². The third kappa shape index (κ3) is 4.87. The van der Waals surface area contributed by atoms with Crippen molar-refractivity contribution in [1.82, 2.24) is 0 Å². The lowest BCUT2D eigenvalue weighted by atomic mass is 10.2. The number of amides is 2. The second-order valence-electron chi connectivity index (χ2n) is 5.20. The van der Waals surface area contributed by atoms with Crippen LogP contribution >= 0.6 is 11.6 Å². The molecule has 2 amide bonds. The highest BCUT2D eigenvalue weighted by Gasteiger charge is 2.17. The zero-order chi connectivity index (χ0) is 18.4. The molecule has 0 aliphatic heterocycles. The van der Waals surface area contributed by atoms with E-state index in [9.17, 15) is 9.59 Å². The van der Waals surface area contributed by atoms with Gasteiger partial charge in [0, 0.05) is 23.7 Å². The summed E-state index contributed by atoms with van der Waals surface area (Å²) in [4.78, 5) is 25.6. The normalized spacial score (nSPS) is 10.1. The standard InChI is InChI=1S/C18H19ClN2O4/c1-12(22)21(14-6-4-5-13(19)9-14)11-18(23)20-16-8-7-15(24-2)10-17(16)25-3/h4-10H,11H2,1-3H3,(H,20,23). The molecule has 0 atom stereocenters. The van der Waals surface area contributed by atoms with Crippen LogP contribution < -0.4 is 19.7 Å². The predicted octanol–water partition coefficient (Wildman–Crippen LogP) is 3.35. The lowest BCUT2D eigenvalue weighted by molar-refractivity contribution is -0.120. The van der Waals surface area contributed by atoms with Crippen LogP contribution in [0.2, 0.25) is 5.02 Å². The van der Waals surface area contributed by atoms with Crippen molar-refractivity contribution in [3.63, 3.8) is 0 Å². The first-order valence-corrected chi connectivity index (χ1v) is 7.88. The number of ether oxygens (including phenoxy) is 2. The van der Waals surface area contributed by atoms with Crippen LogP contribution in [-0.4, -0.2) is 32.6 Å². The van der Waals surface area contributed by atoms with Gasteiger partial charge in [0.2, 0.25) is 11.8 Å². The average molecular weight is 363 g/mol. The third-order valence-electron chi connectivity index (χ3n) is 3.48. The van der Waals surface area contributed by atoms with E-state index in [1.807, 2.05) is 0 Å². The van der Waals surface area contributed by atoms with E-state index in [1.165, 1.54) is 18.9 Å². The molecular weight excluding hydrogens is 344 g/mol. The third-order valence-corrected chi connectivity index (χ3v) is 3.72. The molecule has 6 nitrogen and oxygen atoms in total. The maximum absolute atomic E-state index is 12.4. The molecular formula is C18H19ClN2O4. The van der Waals surface area contributed by atoms with Gasteiger partial charge < -0.3 is 19.7 Å². The zero-order valence-corrected chi connectivity index (χ0v) is 15.0. The van der Waals surface area contributed by atoms with E-state index in [0.29, 0.717) is 27.9 Å². The number of hydrogen-bond acceptors (Lipinski definition) is 4. The van der Waals surface area contributed by atoms with Gasteiger partial charge in [0.15, 0.2) is 0 Å². The summed E-state index contributed by atoms with van der Waals surface area (Å²) >= 11 is 5.96. The molecule has 2 rings (SSSR count). The van der Waals surface area contributed by atoms with Gasteiger partial charge in [0.1, 0.15) is 18.0 Å². The van der Waals surface area contributed by atoms with Crippen LogP contribution in [0.1, 0.15) is 6.92 Å². The Morgan fingerprint density at radius 2 is 1.88 bits per heavy atom. The molecule has 0 saturated carbocycles. The smallest absolute Gasteiger partial charge is 0.244 e. The number of nitrogens with one attached hydrogen (secondary N) is 1. The van der Waals surface area contributed by atoms with E-state index in [2.05, 4.69) is 5.32 Å². The van der Waals surface area contributed by atoms with Crippen LogP contribution in [0.15, 0.2) is 42.5 Å². The summed E-state index contributed by atoms with van der Waals surface area (Å²) in [5.41, 5.74) is 1.04. The summed E-state index contributed by atoms with van der Waals surface area (Å²) in [6, 6.07) is 11.8. The maximum Gasteiger partial charge on any atom is 0.244 e. The SMILES string of the molecule is COc1ccc(NC(=O)CN(C(C)=O)c2cccc(Cl)c2)c(OC)c1. The summed E-state index contributed by atoms with van der Waals surface area (Å²) in [7, 11) is 3.04. The Hall–Kier alpha value is -2.73. The predicted molar refractivity (Wildman–Crippen MR) is 97.7 cm³/mol. The van der Waals surface area contributed by atoms with Gasteiger partial charge in [0.25, 0.3) is 0 Å². The van der Waals surface area contributed by atoms with Crippen molar-refractivity contribution in [2.45, 2.75) is 6.92 Å². The molecule has 25 heavy (non-hydrogen) atoms. The van der Waals surface area contributed by atoms with Crippen LogP contribution in [0, 0.1) is 0 Å². The molecule has 0 saturated heterocycles. The van der Waals surface area contributed by atoms with E-state index in [-0.39, 0.29) is 18.4 Å². The molecule has 0 aromatic heterocycles. The molecule has 0 heterocycles. The Kier molecular flexibility index (Phi) is 6.25. The van der Waals surface area contributed by atoms with Crippen molar-refractivity contribution >= 4 is 34.8 Å². The Balaban J connectivity index is 2.16. The average Bonchev–Trinajstić information content (AvgIpc) is 2.59. The zero-order valence-electron chi connectivity index (χ0n) is 14.2. The summed E-state index contributed by atoms with van der Waals surface area (Å²) in [6.45, 7) is 1.24. The number of halogens is 1. The Labute approximate surface area is 151 Å². The molecule has 7 heteroatoms. The van der Waals surface area contributed by atoms with Crippen molar-refractivity contribution in [1.29, 1.82) is 0 Å². The number of carbonyl (C=O) groups excluding carboxylic acids is 2. The fourth-order valence-corrected chi connectivity index (χ4v) is 2.45. The Morgan fingerprint density at radius 1 is 1.12 bits per heavy atom. The number of rotatable bonds is 6. The lowest BCUT2D eigenvalue weighted by Gasteiger charge is -2.21. The Morgan fingerprint density at radius 3 is 2.48 bits per heavy atom. The van der Waals surface area contributed by atoms with E-state index in [1.54, 1.807) is 49.6 Å². The largest absolute Gasteiger partial charge is 0.497 e. The van der Waals surface area contributed by atoms with Crippen LogP contribution in [0.4, 0.5) is 11.4 Å². The number of anilines is 2. The van der Waals surface area contributed by atoms with Crippen LogP contribution in [0.25, 0.3) is 0 Å². The van der Waals surface area contributed by atoms with Gasteiger partial charge in [-0.25, -0.2) is 0 Å². The number of benzene rings is 2. The summed E-state index contributed by atoms with van der Waals surface area (Å²) in [6.07, 6.45) is 0. The maximum atomic E-state index is 12.4. The number of hydrogen-bond donors (Lipinski definition) is 1. The molecule has 0 aliphatic rings. The Bertz CT molecular complexity index is 779. The van der Waals surface area contributed by atoms with Crippen molar-refractivity contribution in [3.8, 4) is 11.5 Å². The summed E-state index contributed by atoms with van der Waals surface area (Å²) < 4.78 is 10.4. The van der Waals surface area contributed by atoms with Gasteiger partial charge >= 0.3 is 0 Å². The van der Waals surface area contributed by atoms with Gasteiger partial charge in [-0.15, -0.1) is 0 Å². The van der Waals surface area contributed by atoms with E-state index in [0.717, 1.165) is 0 Å². The van der Waals surface area contributed by atoms with Crippen LogP contribution in [0.5, 0.6) is 11.5 Å². The molecule has 0 unspecified atom stereocenters. The second kappa shape index (κ2) is 8.39. The van der Waals surface area contributed by atoms with Gasteiger partial charge in [-0.1, -0.05) is 17.7 Å². The first-order valence-electron chi connectivity index (χ1n) is 7.50. The van der Waals surface area contributed by atoms with Gasteiger partial charge in [-0.2, -0.15) is 0 Å². The van der Waals surface area contributed by atoms with Crippen molar-refractivity contribution in [2.24, 2.45) is 0 Å². The second-order valence-corrected chi connectivity index (χ2v) is 5.64. The minimum absolute atomic E-state index is 0.148. The highest BCUT2D eigenvalue weighted by atomic mass is 35.5. The van der Waals surface area contributed by atoms with E-state index < -0.39 is 0 Å². The van der Waals surface area contributed by atoms with E-state index in [4.69, 9.17) is 21.1 Å². The molecule has 0 aliphatic carbocycles. The van der Waals surface area contributed by atoms with E-state index >= 15 is 0 Å². The summed E-state index contributed by atoms with van der Waals surface area (Å²) in [5, 5.41) is 3.22. The molecule has 132 valence electrons. The van der Waals surface area contributed by atoms with Crippen molar-refractivity contribution < 1.29 is 19.1 Å². The van der Waals surface area contributed by atoms with Crippen molar-refractivity contribution in [2.75, 3.05) is 31.0 Å². The van der Waals surface area contributed by atoms with Crippen LogP contribution in [0.3, 0.4) is 0 Å². The van der Waals surface area contributed by atoms with Gasteiger partial charge in [0.05, 0.1) is 19.9 Å². The first kappa shape index (κ1) is 18.6. The van der Waals surface area contributed by atoms with Crippen molar-refractivity contribution in [3.05, 3.63) is 47.5 Å². The first-order chi connectivity index (χ1) is 11.9. The monoisotopic (exact) mass is 362 g/mol. The minimum Gasteiger partial charge on any atom is -0.497 e. The molecule has 0 fully saturated rings. The minimum atomic E-state index is -0.362. The molecule has 0 radical (unpaired) electrons. The number of methoxy groups -OCH3 is 2. The molecule has 0 bridgehead atoms. The summed E-state index contributed by atoms with van der Waals surface area (Å²) in [5.74, 6) is 0.446. The fraction of sp³-hybridized carbons (Fsp3) is 0.222. The highest BCUT2D eigenvalue weighted by Crippen LogP contribution is 2.29. The highest BCUT2D eigenvalue weighted by molar-refractivity contribution is 6.31. The molecule has 1 N–H and O–H groups in total. The quantitative estimate of drug-likeness (QED) is 0.855. The number of nitrogens with zero attached hydrogens (tertiary/aromatic N) is 1. The molecule has 2 aromatic carbocycles. The fourth-order valence-electron chi connectivity index (χ4n) is 2.26. The van der Waals surface area contributed by atoms with Gasteiger partial charge in [-0.3, -0.25) is 9.59 Å². The molecule has 0 spiro atoms. The number of carbonyl (C=O) groups is 2. The molecule has 2 aromatic rings. The lowest BCUT2D eigenvalue weighted by Crippen LogP contribution is -2.36.